The van der Waals surface area contributed by atoms with Crippen molar-refractivity contribution in [3.05, 3.63) is 89.5 Å². The molecule has 1 aromatic heterocycles. The topological polar surface area (TPSA) is 141 Å². The fourth-order valence-electron chi connectivity index (χ4n) is 4.60. The predicted molar refractivity (Wildman–Crippen MR) is 148 cm³/mol. The molecule has 1 aliphatic heterocycles. The number of nitrogens with one attached hydrogen (secondary N) is 2. The number of pyridine rings is 1. The maximum absolute atomic E-state index is 13.8. The third kappa shape index (κ3) is 7.56. The summed E-state index contributed by atoms with van der Waals surface area (Å²) in [5.41, 5.74) is 1.70. The number of amides is 3. The van der Waals surface area contributed by atoms with Crippen LogP contribution in [0.25, 0.3) is 0 Å². The van der Waals surface area contributed by atoms with E-state index in [2.05, 4.69) is 15.6 Å². The molecule has 3 amide bonds. The molecule has 1 aliphatic rings. The number of carbonyl (C=O) groups excluding carboxylic acids is 3. The molecule has 0 aliphatic carbocycles. The number of aliphatic carboxylic acids is 1. The number of halogens is 1. The number of carboxylic acid groups (broad SMARTS) is 1. The third-order valence-electron chi connectivity index (χ3n) is 6.63. The second-order valence-electron chi connectivity index (χ2n) is 9.40. The number of aromatic nitrogens is 1. The fraction of sp³-hybridized carbons (Fsp3) is 0.276. The Morgan fingerprint density at radius 2 is 1.80 bits per heavy atom. The van der Waals surface area contributed by atoms with E-state index in [0.717, 1.165) is 6.07 Å². The van der Waals surface area contributed by atoms with Crippen LogP contribution in [0.1, 0.15) is 45.2 Å². The lowest BCUT2D eigenvalue weighted by molar-refractivity contribution is -0.137. The van der Waals surface area contributed by atoms with Gasteiger partial charge < -0.3 is 30.3 Å². The largest absolute Gasteiger partial charge is 0.481 e. The van der Waals surface area contributed by atoms with Gasteiger partial charge in [-0.1, -0.05) is 12.1 Å². The summed E-state index contributed by atoms with van der Waals surface area (Å²) >= 11 is 0. The van der Waals surface area contributed by atoms with E-state index in [-0.39, 0.29) is 17.5 Å². The predicted octanol–water partition coefficient (Wildman–Crippen LogP) is 3.70. The molecule has 3 N–H and O–H groups in total. The van der Waals surface area contributed by atoms with Gasteiger partial charge in [0.05, 0.1) is 30.9 Å². The van der Waals surface area contributed by atoms with Gasteiger partial charge in [-0.05, 0) is 54.4 Å². The standard InChI is InChI=1S/C29H30FN5O6/c1-41-29(40)35-12-4-11-34(13-14-35)25-9-8-20(16-24(25)33-27(38)19-5-2-7-22(30)15-19)28(39)32-23(17-26(36)37)21-6-3-10-31-18-21/h2-3,5-10,15-16,18,23H,4,11-14,17H2,1H3,(H,32,39)(H,33,38)(H,36,37). The molecule has 214 valence electrons. The van der Waals surface area contributed by atoms with E-state index in [1.807, 2.05) is 4.90 Å². The molecule has 3 aromatic rings. The van der Waals surface area contributed by atoms with Crippen LogP contribution in [-0.4, -0.2) is 72.2 Å². The third-order valence-corrected chi connectivity index (χ3v) is 6.63. The van der Waals surface area contributed by atoms with Gasteiger partial charge in [0.15, 0.2) is 0 Å². The average Bonchev–Trinajstić information content (AvgIpc) is 3.23. The zero-order chi connectivity index (χ0) is 29.4. The van der Waals surface area contributed by atoms with Crippen molar-refractivity contribution in [1.29, 1.82) is 0 Å². The average molecular weight is 564 g/mol. The Kier molecular flexibility index (Phi) is 9.46. The number of anilines is 2. The molecule has 4 rings (SSSR count). The van der Waals surface area contributed by atoms with Gasteiger partial charge in [-0.15, -0.1) is 0 Å². The number of ether oxygens (including phenoxy) is 1. The first kappa shape index (κ1) is 29.0. The van der Waals surface area contributed by atoms with Crippen molar-refractivity contribution >= 4 is 35.3 Å². The van der Waals surface area contributed by atoms with Crippen LogP contribution in [0.3, 0.4) is 0 Å². The van der Waals surface area contributed by atoms with E-state index in [4.69, 9.17) is 4.74 Å². The zero-order valence-electron chi connectivity index (χ0n) is 22.4. The van der Waals surface area contributed by atoms with Crippen LogP contribution in [0.5, 0.6) is 0 Å². The summed E-state index contributed by atoms with van der Waals surface area (Å²) in [5.74, 6) is -2.80. The highest BCUT2D eigenvalue weighted by molar-refractivity contribution is 6.07. The highest BCUT2D eigenvalue weighted by Gasteiger charge is 2.24. The summed E-state index contributed by atoms with van der Waals surface area (Å²) in [7, 11) is 1.32. The van der Waals surface area contributed by atoms with Crippen LogP contribution in [0.2, 0.25) is 0 Å². The Morgan fingerprint density at radius 3 is 2.51 bits per heavy atom. The van der Waals surface area contributed by atoms with E-state index in [1.54, 1.807) is 35.4 Å². The highest BCUT2D eigenvalue weighted by Crippen LogP contribution is 2.30. The Bertz CT molecular complexity index is 1420. The van der Waals surface area contributed by atoms with E-state index >= 15 is 0 Å². The minimum atomic E-state index is -1.10. The van der Waals surface area contributed by atoms with Gasteiger partial charge in [0.25, 0.3) is 11.8 Å². The van der Waals surface area contributed by atoms with Crippen molar-refractivity contribution in [3.8, 4) is 0 Å². The van der Waals surface area contributed by atoms with Crippen molar-refractivity contribution in [2.24, 2.45) is 0 Å². The van der Waals surface area contributed by atoms with Gasteiger partial charge in [0, 0.05) is 49.7 Å². The first-order valence-corrected chi connectivity index (χ1v) is 13.0. The number of hydrogen-bond acceptors (Lipinski definition) is 7. The van der Waals surface area contributed by atoms with Crippen LogP contribution >= 0.6 is 0 Å². The molecule has 0 spiro atoms. The molecule has 0 radical (unpaired) electrons. The minimum Gasteiger partial charge on any atom is -0.481 e. The van der Waals surface area contributed by atoms with Crippen LogP contribution in [0.4, 0.5) is 20.6 Å². The van der Waals surface area contributed by atoms with Crippen LogP contribution in [0.15, 0.2) is 67.0 Å². The van der Waals surface area contributed by atoms with Gasteiger partial charge in [0.1, 0.15) is 5.82 Å². The Balaban J connectivity index is 1.64. The van der Waals surface area contributed by atoms with Gasteiger partial charge in [0.2, 0.25) is 0 Å². The second kappa shape index (κ2) is 13.4. The van der Waals surface area contributed by atoms with Gasteiger partial charge in [-0.2, -0.15) is 0 Å². The van der Waals surface area contributed by atoms with Crippen LogP contribution < -0.4 is 15.5 Å². The molecule has 2 heterocycles. The minimum absolute atomic E-state index is 0.0941. The molecule has 0 bridgehead atoms. The summed E-state index contributed by atoms with van der Waals surface area (Å²) < 4.78 is 18.7. The number of carboxylic acids is 1. The summed E-state index contributed by atoms with van der Waals surface area (Å²) in [6.45, 7) is 1.87. The smallest absolute Gasteiger partial charge is 0.409 e. The van der Waals surface area contributed by atoms with Crippen LogP contribution in [0, 0.1) is 5.82 Å². The van der Waals surface area contributed by atoms with Crippen molar-refractivity contribution in [3.63, 3.8) is 0 Å². The van der Waals surface area contributed by atoms with Crippen molar-refractivity contribution in [1.82, 2.24) is 15.2 Å². The Hall–Kier alpha value is -5.00. The number of rotatable bonds is 8. The summed E-state index contributed by atoms with van der Waals surface area (Å²) in [6, 6.07) is 12.5. The van der Waals surface area contributed by atoms with Crippen LogP contribution in [-0.2, 0) is 9.53 Å². The van der Waals surface area contributed by atoms with E-state index in [0.29, 0.717) is 49.5 Å². The molecule has 1 fully saturated rings. The van der Waals surface area contributed by atoms with Gasteiger partial charge in [-0.3, -0.25) is 19.4 Å². The number of methoxy groups -OCH3 is 1. The van der Waals surface area contributed by atoms with E-state index in [9.17, 15) is 28.7 Å². The van der Waals surface area contributed by atoms with Crippen molar-refractivity contribution in [2.75, 3.05) is 43.5 Å². The molecule has 11 nitrogen and oxygen atoms in total. The monoisotopic (exact) mass is 563 g/mol. The van der Waals surface area contributed by atoms with Gasteiger partial charge >= 0.3 is 12.1 Å². The maximum atomic E-state index is 13.8. The first-order valence-electron chi connectivity index (χ1n) is 13.0. The first-order chi connectivity index (χ1) is 19.7. The number of carbonyl (C=O) groups is 4. The molecular formula is C29H30FN5O6. The van der Waals surface area contributed by atoms with Crippen molar-refractivity contribution < 1.29 is 33.4 Å². The molecule has 1 atom stereocenters. The molecule has 1 saturated heterocycles. The maximum Gasteiger partial charge on any atom is 0.409 e. The highest BCUT2D eigenvalue weighted by atomic mass is 19.1. The Labute approximate surface area is 235 Å². The lowest BCUT2D eigenvalue weighted by atomic mass is 10.0. The molecule has 12 heteroatoms. The summed E-state index contributed by atoms with van der Waals surface area (Å²) in [6.07, 6.45) is 2.88. The SMILES string of the molecule is COC(=O)N1CCCN(c2ccc(C(=O)NC(CC(=O)O)c3cccnc3)cc2NC(=O)c2cccc(F)c2)CC1. The molecule has 2 aromatic carbocycles. The number of nitrogens with zero attached hydrogens (tertiary/aromatic N) is 3. The normalized spacial score (nSPS) is 14.0. The van der Waals surface area contributed by atoms with Gasteiger partial charge in [-0.25, -0.2) is 9.18 Å². The second-order valence-corrected chi connectivity index (χ2v) is 9.40. The fourth-order valence-corrected chi connectivity index (χ4v) is 4.60. The van der Waals surface area contributed by atoms with E-state index < -0.39 is 35.7 Å². The summed E-state index contributed by atoms with van der Waals surface area (Å²) in [5, 5.41) is 14.9. The molecular weight excluding hydrogens is 533 g/mol. The molecule has 41 heavy (non-hydrogen) atoms. The number of benzene rings is 2. The lowest BCUT2D eigenvalue weighted by Crippen LogP contribution is -2.35. The zero-order valence-corrected chi connectivity index (χ0v) is 22.4. The molecule has 1 unspecified atom stereocenters. The summed E-state index contributed by atoms with van der Waals surface area (Å²) in [4.78, 5) is 57.5. The van der Waals surface area contributed by atoms with E-state index in [1.165, 1.54) is 37.6 Å². The Morgan fingerprint density at radius 1 is 1.00 bits per heavy atom. The quantitative estimate of drug-likeness (QED) is 0.377. The number of hydrogen-bond donors (Lipinski definition) is 3. The lowest BCUT2D eigenvalue weighted by Gasteiger charge is -2.26. The van der Waals surface area contributed by atoms with Crippen molar-refractivity contribution in [2.45, 2.75) is 18.9 Å². The molecule has 0 saturated carbocycles.